The van der Waals surface area contributed by atoms with E-state index in [2.05, 4.69) is 73.3 Å². The van der Waals surface area contributed by atoms with Crippen molar-refractivity contribution in [3.63, 3.8) is 0 Å². The van der Waals surface area contributed by atoms with Crippen molar-refractivity contribution in [1.82, 2.24) is 0 Å². The third-order valence-electron chi connectivity index (χ3n) is 3.88. The molecule has 0 aliphatic rings. The van der Waals surface area contributed by atoms with E-state index < -0.39 is 0 Å². The monoisotopic (exact) mass is 282 g/mol. The highest BCUT2D eigenvalue weighted by Gasteiger charge is 2.09. The molecule has 2 N–H and O–H groups in total. The zero-order chi connectivity index (χ0) is 15.1. The lowest BCUT2D eigenvalue weighted by Crippen LogP contribution is -2.18. The molecule has 0 radical (unpaired) electrons. The number of para-hydroxylation sites is 1. The van der Waals surface area contributed by atoms with Gasteiger partial charge in [-0.3, -0.25) is 0 Å². The van der Waals surface area contributed by atoms with Crippen LogP contribution in [0.4, 0.5) is 11.4 Å². The van der Waals surface area contributed by atoms with Gasteiger partial charge >= 0.3 is 0 Å². The van der Waals surface area contributed by atoms with Crippen LogP contribution in [-0.2, 0) is 0 Å². The Labute approximate surface area is 128 Å². The second-order valence-corrected chi connectivity index (χ2v) is 5.45. The number of benzene rings is 2. The minimum atomic E-state index is 0.139. The Kier molecular flexibility index (Phi) is 5.82. The molecule has 0 saturated heterocycles. The van der Waals surface area contributed by atoms with Gasteiger partial charge in [-0.2, -0.15) is 0 Å². The summed E-state index contributed by atoms with van der Waals surface area (Å²) >= 11 is 0. The minimum Gasteiger partial charge on any atom is -0.341 e. The van der Waals surface area contributed by atoms with Gasteiger partial charge in [0.15, 0.2) is 0 Å². The first-order valence-corrected chi connectivity index (χ1v) is 7.94. The number of hydrogen-bond acceptors (Lipinski definition) is 2. The second-order valence-electron chi connectivity index (χ2n) is 5.45. The molecule has 2 heteroatoms. The van der Waals surface area contributed by atoms with Crippen LogP contribution in [-0.4, -0.2) is 6.54 Å². The smallest absolute Gasteiger partial charge is 0.0410 e. The molecule has 0 bridgehead atoms. The summed E-state index contributed by atoms with van der Waals surface area (Å²) in [4.78, 5) is 2.38. The fourth-order valence-corrected chi connectivity index (χ4v) is 2.47. The van der Waals surface area contributed by atoms with Crippen molar-refractivity contribution in [3.8, 4) is 0 Å². The van der Waals surface area contributed by atoms with Crippen molar-refractivity contribution in [1.29, 1.82) is 0 Å². The predicted molar refractivity (Wildman–Crippen MR) is 92.0 cm³/mol. The Morgan fingerprint density at radius 1 is 0.905 bits per heavy atom. The first-order chi connectivity index (χ1) is 10.3. The third-order valence-corrected chi connectivity index (χ3v) is 3.88. The largest absolute Gasteiger partial charge is 0.341 e. The summed E-state index contributed by atoms with van der Waals surface area (Å²) in [6.45, 7) is 5.39. The van der Waals surface area contributed by atoms with E-state index in [1.54, 1.807) is 0 Å². The average molecular weight is 282 g/mol. The molecule has 2 aromatic carbocycles. The molecule has 0 amide bonds. The molecule has 0 spiro atoms. The van der Waals surface area contributed by atoms with E-state index in [1.807, 2.05) is 0 Å². The number of nitrogens with two attached hydrogens (primary N) is 1. The Morgan fingerprint density at radius 3 is 2.10 bits per heavy atom. The van der Waals surface area contributed by atoms with Gasteiger partial charge in [-0.15, -0.1) is 0 Å². The molecule has 0 aliphatic heterocycles. The predicted octanol–water partition coefficient (Wildman–Crippen LogP) is 5.03. The molecule has 2 rings (SSSR count). The van der Waals surface area contributed by atoms with Crippen molar-refractivity contribution in [2.24, 2.45) is 5.73 Å². The molecule has 0 aliphatic carbocycles. The molecule has 1 atom stereocenters. The first kappa shape index (κ1) is 15.6. The highest BCUT2D eigenvalue weighted by Crippen LogP contribution is 2.27. The van der Waals surface area contributed by atoms with Crippen molar-refractivity contribution < 1.29 is 0 Å². The summed E-state index contributed by atoms with van der Waals surface area (Å²) in [5.41, 5.74) is 9.80. The van der Waals surface area contributed by atoms with Crippen molar-refractivity contribution in [2.45, 2.75) is 39.2 Å². The van der Waals surface area contributed by atoms with Gasteiger partial charge in [0, 0.05) is 24.0 Å². The fraction of sp³-hybridized carbons (Fsp3) is 0.368. The maximum atomic E-state index is 6.10. The summed E-state index contributed by atoms with van der Waals surface area (Å²) in [6.07, 6.45) is 3.35. The lowest BCUT2D eigenvalue weighted by molar-refractivity contribution is 0.698. The molecule has 0 aromatic heterocycles. The number of hydrogen-bond donors (Lipinski definition) is 1. The number of anilines is 2. The normalized spacial score (nSPS) is 12.1. The molecule has 0 fully saturated rings. The van der Waals surface area contributed by atoms with Gasteiger partial charge in [0.25, 0.3) is 0 Å². The zero-order valence-corrected chi connectivity index (χ0v) is 13.1. The fourth-order valence-electron chi connectivity index (χ4n) is 2.47. The standard InChI is InChI=1S/C19H26N2/c1-3-5-15-21(17-9-7-6-8-10-17)18-13-11-16(12-14-18)19(20)4-2/h6-14,19H,3-5,15,20H2,1-2H3. The van der Waals surface area contributed by atoms with E-state index in [-0.39, 0.29) is 6.04 Å². The van der Waals surface area contributed by atoms with Crippen LogP contribution in [0.1, 0.15) is 44.7 Å². The molecule has 2 aromatic rings. The molecular weight excluding hydrogens is 256 g/mol. The minimum absolute atomic E-state index is 0.139. The van der Waals surface area contributed by atoms with E-state index >= 15 is 0 Å². The summed E-state index contributed by atoms with van der Waals surface area (Å²) in [5.74, 6) is 0. The Hall–Kier alpha value is -1.80. The average Bonchev–Trinajstić information content (AvgIpc) is 2.56. The van der Waals surface area contributed by atoms with E-state index in [0.717, 1.165) is 13.0 Å². The van der Waals surface area contributed by atoms with Crippen LogP contribution in [0.2, 0.25) is 0 Å². The molecule has 1 unspecified atom stereocenters. The molecule has 112 valence electrons. The quantitative estimate of drug-likeness (QED) is 0.771. The van der Waals surface area contributed by atoms with Crippen LogP contribution in [0.25, 0.3) is 0 Å². The van der Waals surface area contributed by atoms with Crippen molar-refractivity contribution in [2.75, 3.05) is 11.4 Å². The molecule has 0 saturated carbocycles. The third kappa shape index (κ3) is 4.08. The van der Waals surface area contributed by atoms with E-state index in [9.17, 15) is 0 Å². The molecule has 2 nitrogen and oxygen atoms in total. The Balaban J connectivity index is 2.24. The van der Waals surface area contributed by atoms with Gasteiger partial charge in [0.1, 0.15) is 0 Å². The van der Waals surface area contributed by atoms with Gasteiger partial charge in [-0.1, -0.05) is 50.6 Å². The van der Waals surface area contributed by atoms with Crippen LogP contribution in [0.15, 0.2) is 54.6 Å². The van der Waals surface area contributed by atoms with E-state index in [4.69, 9.17) is 5.73 Å². The molecule has 21 heavy (non-hydrogen) atoms. The summed E-state index contributed by atoms with van der Waals surface area (Å²) in [6, 6.07) is 19.4. The maximum absolute atomic E-state index is 6.10. The van der Waals surface area contributed by atoms with Gasteiger partial charge in [-0.25, -0.2) is 0 Å². The maximum Gasteiger partial charge on any atom is 0.0410 e. The first-order valence-electron chi connectivity index (χ1n) is 7.94. The van der Waals surface area contributed by atoms with Gasteiger partial charge < -0.3 is 10.6 Å². The SMILES string of the molecule is CCCCN(c1ccccc1)c1ccc(C(N)CC)cc1. The van der Waals surface area contributed by atoms with Crippen LogP contribution in [0.5, 0.6) is 0 Å². The van der Waals surface area contributed by atoms with Crippen LogP contribution < -0.4 is 10.6 Å². The highest BCUT2D eigenvalue weighted by atomic mass is 15.1. The topological polar surface area (TPSA) is 29.3 Å². The zero-order valence-electron chi connectivity index (χ0n) is 13.1. The van der Waals surface area contributed by atoms with E-state index in [1.165, 1.54) is 29.8 Å². The van der Waals surface area contributed by atoms with Crippen molar-refractivity contribution >= 4 is 11.4 Å². The van der Waals surface area contributed by atoms with Crippen LogP contribution in [0, 0.1) is 0 Å². The van der Waals surface area contributed by atoms with Gasteiger partial charge in [-0.05, 0) is 42.7 Å². The van der Waals surface area contributed by atoms with Gasteiger partial charge in [0.2, 0.25) is 0 Å². The molecular formula is C19H26N2. The van der Waals surface area contributed by atoms with Crippen LogP contribution >= 0.6 is 0 Å². The Morgan fingerprint density at radius 2 is 1.52 bits per heavy atom. The number of nitrogens with zero attached hydrogens (tertiary/aromatic N) is 1. The summed E-state index contributed by atoms with van der Waals surface area (Å²) < 4.78 is 0. The summed E-state index contributed by atoms with van der Waals surface area (Å²) in [7, 11) is 0. The second kappa shape index (κ2) is 7.84. The number of unbranched alkanes of at least 4 members (excludes halogenated alkanes) is 1. The number of rotatable bonds is 7. The van der Waals surface area contributed by atoms with Crippen molar-refractivity contribution in [3.05, 3.63) is 60.2 Å². The van der Waals surface area contributed by atoms with Crippen LogP contribution in [0.3, 0.4) is 0 Å². The summed E-state index contributed by atoms with van der Waals surface area (Å²) in [5, 5.41) is 0. The van der Waals surface area contributed by atoms with Gasteiger partial charge in [0.05, 0.1) is 0 Å². The van der Waals surface area contributed by atoms with E-state index in [0.29, 0.717) is 0 Å². The Bertz CT molecular complexity index is 519. The highest BCUT2D eigenvalue weighted by molar-refractivity contribution is 5.63. The molecule has 0 heterocycles. The lowest BCUT2D eigenvalue weighted by Gasteiger charge is -2.25. The lowest BCUT2D eigenvalue weighted by atomic mass is 10.0.